The van der Waals surface area contributed by atoms with Crippen LogP contribution >= 0.6 is 7.82 Å². The third-order valence-electron chi connectivity index (χ3n) is 7.44. The standard InChI is InChI=1S/C35H68NO7P/c1-3-5-7-9-11-13-15-16-17-19-21-23-25-27-30-40-32-34(33-42-44(38,39)41-31-29-36)43-35(37)28-26-24-22-20-18-14-12-10-8-6-4-2/h10,12,27,30,34H,3-9,11,13-26,28-29,31-33,36H2,1-2H3,(H,38,39)/b12-10+,30-27+/t34-/m1/s1. The molecule has 1 unspecified atom stereocenters. The maximum Gasteiger partial charge on any atom is 0.472 e. The Morgan fingerprint density at radius 1 is 0.682 bits per heavy atom. The van der Waals surface area contributed by atoms with E-state index in [0.717, 1.165) is 44.9 Å². The highest BCUT2D eigenvalue weighted by molar-refractivity contribution is 7.47. The summed E-state index contributed by atoms with van der Waals surface area (Å²) in [6.07, 6.45) is 34.2. The van der Waals surface area contributed by atoms with Crippen molar-refractivity contribution >= 4 is 13.8 Å². The number of ether oxygens (including phenoxy) is 2. The van der Waals surface area contributed by atoms with E-state index in [1.807, 2.05) is 6.08 Å². The van der Waals surface area contributed by atoms with Gasteiger partial charge in [-0.15, -0.1) is 0 Å². The molecule has 0 aromatic rings. The fourth-order valence-electron chi connectivity index (χ4n) is 4.77. The number of hydrogen-bond acceptors (Lipinski definition) is 7. The fourth-order valence-corrected chi connectivity index (χ4v) is 5.53. The lowest BCUT2D eigenvalue weighted by Crippen LogP contribution is -2.27. The Morgan fingerprint density at radius 3 is 1.75 bits per heavy atom. The van der Waals surface area contributed by atoms with E-state index in [0.29, 0.717) is 6.42 Å². The fraction of sp³-hybridized carbons (Fsp3) is 0.857. The van der Waals surface area contributed by atoms with Crippen molar-refractivity contribution in [1.29, 1.82) is 0 Å². The number of carbonyl (C=O) groups excluding carboxylic acids is 1. The number of hydrogen-bond donors (Lipinski definition) is 2. The highest BCUT2D eigenvalue weighted by Crippen LogP contribution is 2.43. The molecule has 0 fully saturated rings. The third-order valence-corrected chi connectivity index (χ3v) is 8.42. The van der Waals surface area contributed by atoms with Gasteiger partial charge in [-0.2, -0.15) is 0 Å². The Labute approximate surface area is 270 Å². The number of rotatable bonds is 34. The zero-order valence-corrected chi connectivity index (χ0v) is 29.3. The van der Waals surface area contributed by atoms with Crippen molar-refractivity contribution in [2.45, 2.75) is 168 Å². The van der Waals surface area contributed by atoms with Crippen molar-refractivity contribution in [3.8, 4) is 0 Å². The van der Waals surface area contributed by atoms with Crippen molar-refractivity contribution in [3.63, 3.8) is 0 Å². The molecule has 0 amide bonds. The number of unbranched alkanes of at least 4 members (excludes halogenated alkanes) is 19. The highest BCUT2D eigenvalue weighted by atomic mass is 31.2. The molecule has 0 aromatic carbocycles. The van der Waals surface area contributed by atoms with Gasteiger partial charge in [0.15, 0.2) is 6.10 Å². The van der Waals surface area contributed by atoms with Gasteiger partial charge in [0.25, 0.3) is 0 Å². The van der Waals surface area contributed by atoms with Gasteiger partial charge in [-0.25, -0.2) is 4.57 Å². The average Bonchev–Trinajstić information content (AvgIpc) is 3.01. The van der Waals surface area contributed by atoms with Crippen LogP contribution in [-0.2, 0) is 27.9 Å². The molecule has 0 bridgehead atoms. The molecule has 0 saturated carbocycles. The molecule has 0 aliphatic heterocycles. The van der Waals surface area contributed by atoms with Crippen LogP contribution < -0.4 is 5.73 Å². The predicted molar refractivity (Wildman–Crippen MR) is 182 cm³/mol. The lowest BCUT2D eigenvalue weighted by molar-refractivity contribution is -0.153. The van der Waals surface area contributed by atoms with E-state index < -0.39 is 13.9 Å². The van der Waals surface area contributed by atoms with Gasteiger partial charge in [-0.3, -0.25) is 13.8 Å². The van der Waals surface area contributed by atoms with Gasteiger partial charge < -0.3 is 20.1 Å². The first-order valence-electron chi connectivity index (χ1n) is 17.9. The summed E-state index contributed by atoms with van der Waals surface area (Å²) in [5.41, 5.74) is 5.33. The summed E-state index contributed by atoms with van der Waals surface area (Å²) < 4.78 is 32.9. The maximum atomic E-state index is 12.4. The SMILES string of the molecule is CCCC/C=C/CCCCCCCC(=O)O[C@H](CO/C=C/CCCCCCCCCCCCCC)COP(=O)(O)OCCN. The largest absolute Gasteiger partial charge is 0.498 e. The Bertz CT molecular complexity index is 732. The smallest absolute Gasteiger partial charge is 0.472 e. The van der Waals surface area contributed by atoms with Crippen LogP contribution in [0, 0.1) is 0 Å². The van der Waals surface area contributed by atoms with E-state index in [1.54, 1.807) is 6.26 Å². The second kappa shape index (κ2) is 33.2. The molecule has 2 atom stereocenters. The summed E-state index contributed by atoms with van der Waals surface area (Å²) in [7, 11) is -4.28. The minimum Gasteiger partial charge on any atom is -0.498 e. The summed E-state index contributed by atoms with van der Waals surface area (Å²) >= 11 is 0. The molecule has 3 N–H and O–H groups in total. The summed E-state index contributed by atoms with van der Waals surface area (Å²) in [6.45, 7) is 4.18. The lowest BCUT2D eigenvalue weighted by Gasteiger charge is -2.19. The van der Waals surface area contributed by atoms with Crippen molar-refractivity contribution in [2.24, 2.45) is 5.73 Å². The molecule has 9 heteroatoms. The summed E-state index contributed by atoms with van der Waals surface area (Å²) in [5, 5.41) is 0. The Morgan fingerprint density at radius 2 is 1.18 bits per heavy atom. The molecule has 0 spiro atoms. The van der Waals surface area contributed by atoms with Crippen molar-refractivity contribution < 1.29 is 32.8 Å². The number of allylic oxidation sites excluding steroid dienone is 3. The van der Waals surface area contributed by atoms with E-state index in [-0.39, 0.29) is 32.3 Å². The van der Waals surface area contributed by atoms with Gasteiger partial charge >= 0.3 is 13.8 Å². The monoisotopic (exact) mass is 645 g/mol. The highest BCUT2D eigenvalue weighted by Gasteiger charge is 2.25. The van der Waals surface area contributed by atoms with Crippen LogP contribution in [0.25, 0.3) is 0 Å². The van der Waals surface area contributed by atoms with Gasteiger partial charge in [-0.1, -0.05) is 129 Å². The summed E-state index contributed by atoms with van der Waals surface area (Å²) in [6, 6.07) is 0. The summed E-state index contributed by atoms with van der Waals surface area (Å²) in [5.74, 6) is -0.364. The first-order chi connectivity index (χ1) is 21.4. The van der Waals surface area contributed by atoms with Gasteiger partial charge in [0.2, 0.25) is 0 Å². The number of carbonyl (C=O) groups is 1. The van der Waals surface area contributed by atoms with Crippen LogP contribution in [0.5, 0.6) is 0 Å². The average molecular weight is 646 g/mol. The molecule has 0 heterocycles. The van der Waals surface area contributed by atoms with Gasteiger partial charge in [0.05, 0.1) is 19.5 Å². The van der Waals surface area contributed by atoms with Crippen LogP contribution in [0.3, 0.4) is 0 Å². The quantitative estimate of drug-likeness (QED) is 0.0233. The van der Waals surface area contributed by atoms with Crippen molar-refractivity contribution in [2.75, 3.05) is 26.4 Å². The number of phosphoric ester groups is 1. The first-order valence-corrected chi connectivity index (χ1v) is 19.4. The zero-order chi connectivity index (χ0) is 32.4. The number of phosphoric acid groups is 1. The molecule has 0 aromatic heterocycles. The van der Waals surface area contributed by atoms with Crippen molar-refractivity contribution in [3.05, 3.63) is 24.5 Å². The topological polar surface area (TPSA) is 117 Å². The van der Waals surface area contributed by atoms with Crippen molar-refractivity contribution in [1.82, 2.24) is 0 Å². The predicted octanol–water partition coefficient (Wildman–Crippen LogP) is 10.1. The molecule has 0 rings (SSSR count). The molecule has 8 nitrogen and oxygen atoms in total. The first kappa shape index (κ1) is 42.8. The van der Waals surface area contributed by atoms with Crippen LogP contribution in [0.4, 0.5) is 0 Å². The lowest BCUT2D eigenvalue weighted by atomic mass is 10.0. The Hall–Kier alpha value is -1.18. The second-order valence-corrected chi connectivity index (χ2v) is 13.3. The second-order valence-electron chi connectivity index (χ2n) is 11.8. The van der Waals surface area contributed by atoms with Crippen LogP contribution in [0.1, 0.15) is 162 Å². The van der Waals surface area contributed by atoms with E-state index in [4.69, 9.17) is 24.3 Å². The van der Waals surface area contributed by atoms with E-state index in [2.05, 4.69) is 26.0 Å². The van der Waals surface area contributed by atoms with Gasteiger partial charge in [0, 0.05) is 13.0 Å². The van der Waals surface area contributed by atoms with E-state index >= 15 is 0 Å². The zero-order valence-electron chi connectivity index (χ0n) is 28.4. The van der Waals surface area contributed by atoms with E-state index in [1.165, 1.54) is 96.3 Å². The van der Waals surface area contributed by atoms with Gasteiger partial charge in [0.1, 0.15) is 6.61 Å². The van der Waals surface area contributed by atoms with E-state index in [9.17, 15) is 14.3 Å². The molecule has 0 saturated heterocycles. The Kier molecular flexibility index (Phi) is 32.3. The minimum atomic E-state index is -4.28. The molecular formula is C35H68NO7P. The number of esters is 1. The minimum absolute atomic E-state index is 0.0311. The molecule has 0 aliphatic rings. The molecule has 0 aliphatic carbocycles. The van der Waals surface area contributed by atoms with Crippen LogP contribution in [0.15, 0.2) is 24.5 Å². The molecule has 44 heavy (non-hydrogen) atoms. The maximum absolute atomic E-state index is 12.4. The van der Waals surface area contributed by atoms with Crippen LogP contribution in [0.2, 0.25) is 0 Å². The van der Waals surface area contributed by atoms with Gasteiger partial charge in [-0.05, 0) is 44.6 Å². The summed E-state index contributed by atoms with van der Waals surface area (Å²) in [4.78, 5) is 22.3. The molecule has 260 valence electrons. The third kappa shape index (κ3) is 32.2. The molecular weight excluding hydrogens is 577 g/mol. The normalized spacial score (nSPS) is 13.9. The Balaban J connectivity index is 4.18. The molecule has 0 radical (unpaired) electrons. The van der Waals surface area contributed by atoms with Crippen LogP contribution in [-0.4, -0.2) is 43.3 Å². The number of nitrogens with two attached hydrogens (primary N) is 1.